The molecule has 4 aromatic heterocycles. The lowest BCUT2D eigenvalue weighted by Gasteiger charge is -2.40. The Morgan fingerprint density at radius 2 is 0.864 bits per heavy atom. The number of benzene rings is 8. The fraction of sp³-hybridized carbons (Fsp3) is 0.0169. The Balaban J connectivity index is 0.974. The molecule has 0 radical (unpaired) electrons. The Labute approximate surface area is 378 Å². The van der Waals surface area contributed by atoms with Crippen LogP contribution in [0.3, 0.4) is 0 Å². The van der Waals surface area contributed by atoms with Crippen LogP contribution < -0.4 is 14.4 Å². The van der Waals surface area contributed by atoms with E-state index in [1.165, 1.54) is 10.8 Å². The number of para-hydroxylation sites is 7. The Kier molecular flexibility index (Phi) is 7.03. The fourth-order valence-electron chi connectivity index (χ4n) is 11.5. The highest BCUT2D eigenvalue weighted by Crippen LogP contribution is 2.63. The molecule has 1 spiro atoms. The van der Waals surface area contributed by atoms with Gasteiger partial charge in [0.1, 0.15) is 11.5 Å². The Morgan fingerprint density at radius 3 is 1.53 bits per heavy atom. The predicted octanol–water partition coefficient (Wildman–Crippen LogP) is 14.7. The smallest absolute Gasteiger partial charge is 0.151 e. The highest BCUT2D eigenvalue weighted by atomic mass is 16.5. The summed E-state index contributed by atoms with van der Waals surface area (Å²) >= 11 is 0. The van der Waals surface area contributed by atoms with Crippen molar-refractivity contribution in [3.63, 3.8) is 0 Å². The molecule has 8 aromatic carbocycles. The van der Waals surface area contributed by atoms with Gasteiger partial charge < -0.3 is 23.5 Å². The van der Waals surface area contributed by atoms with Crippen LogP contribution in [0.4, 0.5) is 17.1 Å². The second-order valence-corrected chi connectivity index (χ2v) is 17.3. The third-order valence-corrected chi connectivity index (χ3v) is 14.0. The zero-order valence-electron chi connectivity index (χ0n) is 35.3. The van der Waals surface area contributed by atoms with E-state index in [4.69, 9.17) is 19.4 Å². The number of fused-ring (bicyclic) bond motifs is 17. The molecule has 6 heterocycles. The summed E-state index contributed by atoms with van der Waals surface area (Å²) in [4.78, 5) is 12.4. The summed E-state index contributed by atoms with van der Waals surface area (Å²) in [5, 5.41) is 4.72. The van der Waals surface area contributed by atoms with Gasteiger partial charge in [0.2, 0.25) is 0 Å². The van der Waals surface area contributed by atoms with E-state index in [2.05, 4.69) is 190 Å². The Hall–Kier alpha value is -8.94. The van der Waals surface area contributed by atoms with Crippen molar-refractivity contribution in [2.24, 2.45) is 0 Å². The van der Waals surface area contributed by atoms with Crippen LogP contribution in [0.25, 0.3) is 66.4 Å². The van der Waals surface area contributed by atoms with Gasteiger partial charge in [-0.15, -0.1) is 0 Å². The monoisotopic (exact) mass is 845 g/mol. The van der Waals surface area contributed by atoms with Crippen LogP contribution in [0.1, 0.15) is 22.3 Å². The van der Waals surface area contributed by atoms with Crippen LogP contribution in [0.2, 0.25) is 0 Å². The lowest BCUT2D eigenvalue weighted by molar-refractivity contribution is 0.435. The van der Waals surface area contributed by atoms with Gasteiger partial charge in [-0.1, -0.05) is 103 Å². The minimum Gasteiger partial charge on any atom is -0.457 e. The molecule has 66 heavy (non-hydrogen) atoms. The highest BCUT2D eigenvalue weighted by Gasteiger charge is 2.54. The second-order valence-electron chi connectivity index (χ2n) is 17.3. The molecule has 0 saturated heterocycles. The number of rotatable bonds is 3. The average Bonchev–Trinajstić information content (AvgIpc) is 3.99. The highest BCUT2D eigenvalue weighted by molar-refractivity contribution is 6.12. The predicted molar refractivity (Wildman–Crippen MR) is 263 cm³/mol. The van der Waals surface area contributed by atoms with Gasteiger partial charge in [-0.25, -0.2) is 0 Å². The first-order valence-electron chi connectivity index (χ1n) is 22.3. The van der Waals surface area contributed by atoms with E-state index < -0.39 is 5.41 Å². The van der Waals surface area contributed by atoms with Gasteiger partial charge in [0.05, 0.1) is 55.9 Å². The Bertz CT molecular complexity index is 3910. The van der Waals surface area contributed by atoms with Gasteiger partial charge in [-0.05, 0) is 102 Å². The van der Waals surface area contributed by atoms with Crippen molar-refractivity contribution in [1.29, 1.82) is 0 Å². The van der Waals surface area contributed by atoms with Crippen LogP contribution in [0.5, 0.6) is 23.0 Å². The van der Waals surface area contributed by atoms with E-state index >= 15 is 0 Å². The molecule has 0 fully saturated rings. The number of anilines is 3. The summed E-state index contributed by atoms with van der Waals surface area (Å²) in [6, 6.07) is 71.2. The molecule has 12 aromatic rings. The number of aromatic nitrogens is 4. The molecule has 7 heteroatoms. The van der Waals surface area contributed by atoms with E-state index in [-0.39, 0.29) is 0 Å². The van der Waals surface area contributed by atoms with E-state index in [1.54, 1.807) is 0 Å². The van der Waals surface area contributed by atoms with Crippen LogP contribution in [0, 0.1) is 0 Å². The van der Waals surface area contributed by atoms with Gasteiger partial charge in [0, 0.05) is 62.5 Å². The summed E-state index contributed by atoms with van der Waals surface area (Å²) < 4.78 is 18.5. The molecule has 0 unspecified atom stereocenters. The van der Waals surface area contributed by atoms with Crippen LogP contribution >= 0.6 is 0 Å². The van der Waals surface area contributed by atoms with Crippen molar-refractivity contribution in [2.45, 2.75) is 5.41 Å². The zero-order chi connectivity index (χ0) is 43.1. The maximum absolute atomic E-state index is 7.30. The maximum atomic E-state index is 7.30. The van der Waals surface area contributed by atoms with Gasteiger partial charge in [0.25, 0.3) is 0 Å². The SMILES string of the molecule is c1ccc2c(c1)Oc1ccccc1N2c1ccc2c(c1)c1ccccc1n2-c1ccc2c(c1)Oc1cccc(-n3c4ccccc4c4ccccc43)c1C21c2cccnc2-c2ncccc21. The number of hydrogen-bond acceptors (Lipinski definition) is 5. The lowest BCUT2D eigenvalue weighted by Crippen LogP contribution is -2.33. The van der Waals surface area contributed by atoms with E-state index in [9.17, 15) is 0 Å². The molecule has 1 aliphatic carbocycles. The van der Waals surface area contributed by atoms with E-state index in [0.717, 1.165) is 118 Å². The number of nitrogens with zero attached hydrogens (tertiary/aromatic N) is 5. The van der Waals surface area contributed by atoms with E-state index in [1.807, 2.05) is 36.7 Å². The topological polar surface area (TPSA) is 57.3 Å². The van der Waals surface area contributed by atoms with E-state index in [0.29, 0.717) is 0 Å². The molecule has 7 nitrogen and oxygen atoms in total. The molecule has 3 aliphatic rings. The van der Waals surface area contributed by atoms with Gasteiger partial charge in [-0.3, -0.25) is 9.97 Å². The number of pyridine rings is 2. The molecule has 0 N–H and O–H groups in total. The van der Waals surface area contributed by atoms with Crippen LogP contribution in [0.15, 0.2) is 213 Å². The first-order chi connectivity index (χ1) is 32.8. The normalized spacial score (nSPS) is 13.8. The van der Waals surface area contributed by atoms with Crippen LogP contribution in [-0.4, -0.2) is 19.1 Å². The minimum atomic E-state index is -0.807. The Morgan fingerprint density at radius 1 is 0.348 bits per heavy atom. The molecule has 15 rings (SSSR count). The average molecular weight is 846 g/mol. The van der Waals surface area contributed by atoms with Gasteiger partial charge in [-0.2, -0.15) is 0 Å². The van der Waals surface area contributed by atoms with Crippen LogP contribution in [-0.2, 0) is 5.41 Å². The summed E-state index contributed by atoms with van der Waals surface area (Å²) in [5.41, 5.74) is 14.8. The summed E-state index contributed by atoms with van der Waals surface area (Å²) in [6.07, 6.45) is 3.76. The van der Waals surface area contributed by atoms with Crippen molar-refractivity contribution in [1.82, 2.24) is 19.1 Å². The maximum Gasteiger partial charge on any atom is 0.151 e. The molecular weight excluding hydrogens is 811 g/mol. The van der Waals surface area contributed by atoms with Crippen molar-refractivity contribution < 1.29 is 9.47 Å². The number of ether oxygens (including phenoxy) is 2. The molecule has 0 atom stereocenters. The molecule has 0 bridgehead atoms. The lowest BCUT2D eigenvalue weighted by atomic mass is 9.65. The third kappa shape index (κ3) is 4.55. The largest absolute Gasteiger partial charge is 0.457 e. The first-order valence-corrected chi connectivity index (χ1v) is 22.3. The summed E-state index contributed by atoms with van der Waals surface area (Å²) in [6.45, 7) is 0. The van der Waals surface area contributed by atoms with Gasteiger partial charge in [0.15, 0.2) is 11.5 Å². The molecule has 308 valence electrons. The number of hydrogen-bond donors (Lipinski definition) is 0. The summed E-state index contributed by atoms with van der Waals surface area (Å²) in [7, 11) is 0. The zero-order valence-corrected chi connectivity index (χ0v) is 35.3. The molecule has 0 saturated carbocycles. The summed E-state index contributed by atoms with van der Waals surface area (Å²) in [5.74, 6) is 3.24. The first kappa shape index (κ1) is 35.5. The van der Waals surface area contributed by atoms with Crippen molar-refractivity contribution >= 4 is 60.7 Å². The second kappa shape index (κ2) is 13.1. The van der Waals surface area contributed by atoms with Gasteiger partial charge >= 0.3 is 0 Å². The molecular formula is C59H35N5O2. The van der Waals surface area contributed by atoms with Crippen molar-refractivity contribution in [3.05, 3.63) is 235 Å². The minimum absolute atomic E-state index is 0.787. The molecule has 0 amide bonds. The fourth-order valence-corrected chi connectivity index (χ4v) is 11.5. The molecule has 2 aliphatic heterocycles. The quantitative estimate of drug-likeness (QED) is 0.177. The standard InChI is InChI=1S/C59H35N5O2/c1-5-20-46-38(14-1)39-15-2-6-21-47(39)64(46)51-24-11-27-54-56(51)59(43-17-12-32-60-57(43)58-44(59)18-13-33-61-58)42-30-28-37(35-55(42)66-54)62-45-19-4-3-16-40(45)41-34-36(29-31-48(41)62)63-49-22-7-9-25-52(49)65-53-26-10-8-23-50(53)63/h1-35H. The third-order valence-electron chi connectivity index (χ3n) is 14.0. The van der Waals surface area contributed by atoms with Crippen molar-refractivity contribution in [2.75, 3.05) is 4.90 Å². The van der Waals surface area contributed by atoms with Crippen molar-refractivity contribution in [3.8, 4) is 45.8 Å².